The number of halogens is 4. The van der Waals surface area contributed by atoms with E-state index in [4.69, 9.17) is 9.47 Å². The zero-order chi connectivity index (χ0) is 20.1. The lowest BCUT2D eigenvalue weighted by atomic mass is 9.79. The second-order valence-corrected chi connectivity index (χ2v) is 5.49. The van der Waals surface area contributed by atoms with Crippen molar-refractivity contribution < 1.29 is 36.6 Å². The summed E-state index contributed by atoms with van der Waals surface area (Å²) in [5.74, 6) is -3.63. The lowest BCUT2D eigenvalue weighted by molar-refractivity contribution is -0.136. The van der Waals surface area contributed by atoms with Crippen LogP contribution in [0.1, 0.15) is 17.0 Å². The molecule has 2 heterocycles. The Hall–Kier alpha value is -2.84. The highest BCUT2D eigenvalue weighted by molar-refractivity contribution is 6.01. The summed E-state index contributed by atoms with van der Waals surface area (Å²) < 4.78 is 60.1. The summed E-state index contributed by atoms with van der Waals surface area (Å²) in [7, 11) is 1.60. The van der Waals surface area contributed by atoms with E-state index in [0.29, 0.717) is 7.18 Å². The second-order valence-electron chi connectivity index (χ2n) is 5.49. The lowest BCUT2D eigenvalue weighted by Crippen LogP contribution is -2.32. The molecule has 0 saturated heterocycles. The first-order chi connectivity index (χ1) is 13.0. The van der Waals surface area contributed by atoms with Crippen LogP contribution in [0, 0.1) is 5.82 Å². The van der Waals surface area contributed by atoms with Crippen LogP contribution in [0.5, 0.6) is 0 Å². The van der Waals surface area contributed by atoms with Crippen molar-refractivity contribution in [2.45, 2.75) is 12.6 Å². The van der Waals surface area contributed by atoms with E-state index in [9.17, 15) is 27.2 Å². The van der Waals surface area contributed by atoms with Gasteiger partial charge in [0, 0.05) is 5.56 Å². The van der Waals surface area contributed by atoms with Crippen molar-refractivity contribution in [2.24, 2.45) is 0 Å². The minimum Gasteiger partial charge on any atom is -0.466 e. The summed E-state index contributed by atoms with van der Waals surface area (Å²) in [5.41, 5.74) is -0.282. The molecular weight excluding hydrogens is 370 g/mol. The van der Waals surface area contributed by atoms with E-state index in [2.05, 4.69) is 5.32 Å². The van der Waals surface area contributed by atoms with Crippen molar-refractivity contribution in [1.82, 2.24) is 5.32 Å². The van der Waals surface area contributed by atoms with Gasteiger partial charge in [0.25, 0.3) is 0 Å². The number of methoxy groups -OCH3 is 1. The van der Waals surface area contributed by atoms with E-state index < -0.39 is 37.0 Å². The third kappa shape index (κ3) is 3.54. The number of nitrogens with one attached hydrogen (secondary N) is 1. The van der Waals surface area contributed by atoms with Gasteiger partial charge in [-0.25, -0.2) is 22.8 Å². The topological polar surface area (TPSA) is 64.6 Å². The van der Waals surface area contributed by atoms with Crippen LogP contribution in [0.25, 0.3) is 0 Å². The number of dihydropyridines is 1. The summed E-state index contributed by atoms with van der Waals surface area (Å²) >= 11 is 0. The SMILES string of the molecule is CF.COC(=O)C1=C(CF)NC2=C(C(=O)OC2)[C@H]1c1cccc(F)c1CF. The molecule has 2 aliphatic heterocycles. The van der Waals surface area contributed by atoms with E-state index in [1.165, 1.54) is 12.1 Å². The molecule has 0 amide bonds. The van der Waals surface area contributed by atoms with E-state index in [0.717, 1.165) is 13.2 Å². The maximum atomic E-state index is 14.0. The molecule has 146 valence electrons. The van der Waals surface area contributed by atoms with Crippen LogP contribution >= 0.6 is 0 Å². The van der Waals surface area contributed by atoms with Gasteiger partial charge >= 0.3 is 11.9 Å². The molecule has 0 spiro atoms. The zero-order valence-electron chi connectivity index (χ0n) is 14.6. The molecule has 0 saturated carbocycles. The number of carbonyl (C=O) groups excluding carboxylic acids is 2. The average molecular weight is 387 g/mol. The molecule has 0 fully saturated rings. The number of ether oxygens (including phenoxy) is 2. The predicted molar refractivity (Wildman–Crippen MR) is 87.1 cm³/mol. The molecule has 1 atom stereocenters. The van der Waals surface area contributed by atoms with Gasteiger partial charge in [-0.15, -0.1) is 0 Å². The Balaban J connectivity index is 0.00000126. The van der Waals surface area contributed by atoms with Gasteiger partial charge in [0.05, 0.1) is 42.7 Å². The molecule has 2 aliphatic rings. The normalized spacial score (nSPS) is 18.3. The standard InChI is InChI=1S/C17H14F3NO4.CH3F/c1-24-16(22)14-11(6-19)21-12-7-25-17(23)15(12)13(14)8-3-2-4-10(20)9(8)5-18;1-2/h2-4,13,21H,5-7H2,1H3;1H3/t13-;/m0./s1. The summed E-state index contributed by atoms with van der Waals surface area (Å²) in [4.78, 5) is 24.4. The van der Waals surface area contributed by atoms with Gasteiger partial charge in [0.1, 0.15) is 25.8 Å². The number of rotatable bonds is 4. The van der Waals surface area contributed by atoms with Crippen LogP contribution < -0.4 is 5.32 Å². The highest BCUT2D eigenvalue weighted by Gasteiger charge is 2.43. The highest BCUT2D eigenvalue weighted by Crippen LogP contribution is 2.43. The first-order valence-electron chi connectivity index (χ1n) is 7.79. The van der Waals surface area contributed by atoms with Crippen LogP contribution in [0.4, 0.5) is 17.6 Å². The number of carbonyl (C=O) groups is 2. The number of benzene rings is 1. The molecule has 3 rings (SSSR count). The zero-order valence-corrected chi connectivity index (χ0v) is 14.6. The molecule has 1 aromatic rings. The smallest absolute Gasteiger partial charge is 0.337 e. The molecule has 0 unspecified atom stereocenters. The quantitative estimate of drug-likeness (QED) is 0.636. The highest BCUT2D eigenvalue weighted by atomic mass is 19.1. The molecule has 5 nitrogen and oxygen atoms in total. The molecule has 1 aromatic carbocycles. The molecule has 27 heavy (non-hydrogen) atoms. The Morgan fingerprint density at radius 3 is 2.59 bits per heavy atom. The van der Waals surface area contributed by atoms with Crippen molar-refractivity contribution in [2.75, 3.05) is 27.6 Å². The minimum atomic E-state index is -1.18. The summed E-state index contributed by atoms with van der Waals surface area (Å²) in [5, 5.41) is 2.66. The van der Waals surface area contributed by atoms with Crippen molar-refractivity contribution in [3.05, 3.63) is 57.7 Å². The number of alkyl halides is 3. The first kappa shape index (κ1) is 20.5. The maximum Gasteiger partial charge on any atom is 0.337 e. The number of esters is 2. The van der Waals surface area contributed by atoms with Crippen LogP contribution in [0.3, 0.4) is 0 Å². The van der Waals surface area contributed by atoms with Crippen LogP contribution in [0.2, 0.25) is 0 Å². The summed E-state index contributed by atoms with van der Waals surface area (Å²) in [6.45, 7) is -2.34. The fraction of sp³-hybridized carbons (Fsp3) is 0.333. The van der Waals surface area contributed by atoms with Crippen LogP contribution in [0.15, 0.2) is 40.7 Å². The summed E-state index contributed by atoms with van der Waals surface area (Å²) in [6.07, 6.45) is 0. The van der Waals surface area contributed by atoms with Gasteiger partial charge in [-0.05, 0) is 11.6 Å². The Morgan fingerprint density at radius 1 is 1.30 bits per heavy atom. The molecule has 0 bridgehead atoms. The third-order valence-electron chi connectivity index (χ3n) is 4.24. The van der Waals surface area contributed by atoms with E-state index >= 15 is 0 Å². The van der Waals surface area contributed by atoms with E-state index in [-0.39, 0.29) is 40.3 Å². The average Bonchev–Trinajstić information content (AvgIpc) is 3.07. The molecular formula is C18H17F4NO4. The lowest BCUT2D eigenvalue weighted by Gasteiger charge is -2.28. The van der Waals surface area contributed by atoms with Crippen LogP contribution in [-0.2, 0) is 25.7 Å². The van der Waals surface area contributed by atoms with Crippen LogP contribution in [-0.4, -0.2) is 39.5 Å². The fourth-order valence-corrected chi connectivity index (χ4v) is 3.13. The Kier molecular flexibility index (Phi) is 6.59. The van der Waals surface area contributed by atoms with Gasteiger partial charge in [0.2, 0.25) is 0 Å². The van der Waals surface area contributed by atoms with Crippen molar-refractivity contribution >= 4 is 11.9 Å². The van der Waals surface area contributed by atoms with Gasteiger partial charge in [0.15, 0.2) is 0 Å². The Morgan fingerprint density at radius 2 is 2.00 bits per heavy atom. The van der Waals surface area contributed by atoms with Gasteiger partial charge in [-0.3, -0.25) is 4.39 Å². The molecule has 1 N–H and O–H groups in total. The molecule has 0 aliphatic carbocycles. The Bertz CT molecular complexity index is 820. The first-order valence-corrected chi connectivity index (χ1v) is 7.79. The second kappa shape index (κ2) is 8.70. The van der Waals surface area contributed by atoms with E-state index in [1.807, 2.05) is 0 Å². The number of allylic oxidation sites excluding steroid dienone is 1. The largest absolute Gasteiger partial charge is 0.466 e. The molecule has 9 heteroatoms. The monoisotopic (exact) mass is 387 g/mol. The van der Waals surface area contributed by atoms with E-state index in [1.54, 1.807) is 0 Å². The summed E-state index contributed by atoms with van der Waals surface area (Å²) in [6, 6.07) is 3.79. The van der Waals surface area contributed by atoms with Gasteiger partial charge in [-0.2, -0.15) is 0 Å². The fourth-order valence-electron chi connectivity index (χ4n) is 3.13. The van der Waals surface area contributed by atoms with Crippen molar-refractivity contribution in [1.29, 1.82) is 0 Å². The minimum absolute atomic E-state index is 0.0258. The number of hydrogen-bond donors (Lipinski definition) is 1. The Labute approximate surface area is 152 Å². The van der Waals surface area contributed by atoms with Gasteiger partial charge in [-0.1, -0.05) is 12.1 Å². The van der Waals surface area contributed by atoms with Gasteiger partial charge < -0.3 is 14.8 Å². The number of cyclic esters (lactones) is 1. The van der Waals surface area contributed by atoms with Crippen molar-refractivity contribution in [3.8, 4) is 0 Å². The molecule has 0 aromatic heterocycles. The molecule has 0 radical (unpaired) electrons. The van der Waals surface area contributed by atoms with Crippen molar-refractivity contribution in [3.63, 3.8) is 0 Å². The predicted octanol–water partition coefficient (Wildman–Crippen LogP) is 2.78. The number of hydrogen-bond acceptors (Lipinski definition) is 5. The maximum absolute atomic E-state index is 14.0. The third-order valence-corrected chi connectivity index (χ3v) is 4.24.